The Labute approximate surface area is 198 Å². The zero-order valence-corrected chi connectivity index (χ0v) is 19.2. The minimum atomic E-state index is -0.905. The first-order chi connectivity index (χ1) is 16.5. The third-order valence-electron chi connectivity index (χ3n) is 5.83. The van der Waals surface area contributed by atoms with Crippen molar-refractivity contribution in [3.63, 3.8) is 0 Å². The lowest BCUT2D eigenvalue weighted by atomic mass is 10.1. The molecule has 2 aliphatic heterocycles. The second kappa shape index (κ2) is 10.4. The molecule has 2 aromatic carbocycles. The Morgan fingerprint density at radius 1 is 1.09 bits per heavy atom. The van der Waals surface area contributed by atoms with Crippen LogP contribution >= 0.6 is 0 Å². The highest BCUT2D eigenvalue weighted by Gasteiger charge is 2.50. The number of aliphatic hydroxyl groups excluding tert-OH is 1. The number of likely N-dealkylation sites (N-methyl/N-ethyl adjacent to an activating group) is 1. The lowest BCUT2D eigenvalue weighted by molar-refractivity contribution is -0.127. The van der Waals surface area contributed by atoms with E-state index >= 15 is 0 Å². The van der Waals surface area contributed by atoms with E-state index in [-0.39, 0.29) is 13.2 Å². The predicted octanol–water partition coefficient (Wildman–Crippen LogP) is 0.815. The number of benzene rings is 2. The molecule has 0 aliphatic carbocycles. The first-order valence-electron chi connectivity index (χ1n) is 11.1. The Hall–Kier alpha value is -3.79. The molecule has 2 aromatic rings. The van der Waals surface area contributed by atoms with E-state index < -0.39 is 30.2 Å². The van der Waals surface area contributed by atoms with Crippen molar-refractivity contribution in [1.82, 2.24) is 20.4 Å². The number of aliphatic hydroxyl groups is 1. The third-order valence-corrected chi connectivity index (χ3v) is 5.83. The van der Waals surface area contributed by atoms with Crippen LogP contribution < -0.4 is 20.1 Å². The number of hydrogen-bond acceptors (Lipinski definition) is 6. The Kier molecular flexibility index (Phi) is 7.17. The number of fused-ring (bicyclic) bond motifs is 1. The van der Waals surface area contributed by atoms with E-state index in [1.165, 1.54) is 4.90 Å². The van der Waals surface area contributed by atoms with Crippen LogP contribution in [0.3, 0.4) is 0 Å². The molecule has 0 saturated carbocycles. The van der Waals surface area contributed by atoms with Gasteiger partial charge in [0, 0.05) is 13.6 Å². The van der Waals surface area contributed by atoms with E-state index in [2.05, 4.69) is 15.6 Å². The Morgan fingerprint density at radius 3 is 2.50 bits per heavy atom. The molecule has 0 spiro atoms. The van der Waals surface area contributed by atoms with Crippen LogP contribution in [0.5, 0.6) is 11.5 Å². The molecule has 2 heterocycles. The molecule has 0 bridgehead atoms. The van der Waals surface area contributed by atoms with Crippen LogP contribution in [0.15, 0.2) is 59.6 Å². The molecule has 3 atom stereocenters. The fraction of sp³-hybridized carbons (Fsp3) is 0.375. The van der Waals surface area contributed by atoms with Crippen LogP contribution in [0.4, 0.5) is 4.79 Å². The number of imide groups is 1. The van der Waals surface area contributed by atoms with Gasteiger partial charge in [0.1, 0.15) is 30.4 Å². The van der Waals surface area contributed by atoms with E-state index in [0.29, 0.717) is 24.0 Å². The smallest absolute Gasteiger partial charge is 0.325 e. The molecule has 2 fully saturated rings. The van der Waals surface area contributed by atoms with Crippen molar-refractivity contribution in [3.8, 4) is 11.5 Å². The molecule has 2 aliphatic rings. The molecule has 0 radical (unpaired) electrons. The van der Waals surface area contributed by atoms with Crippen LogP contribution in [-0.4, -0.2) is 85.0 Å². The van der Waals surface area contributed by atoms with Crippen molar-refractivity contribution < 1.29 is 24.2 Å². The highest BCUT2D eigenvalue weighted by molar-refractivity contribution is 6.04. The first kappa shape index (κ1) is 23.4. The van der Waals surface area contributed by atoms with Crippen LogP contribution in [0.25, 0.3) is 0 Å². The number of ether oxygens (including phenoxy) is 2. The Bertz CT molecular complexity index is 1030. The lowest BCUT2D eigenvalue weighted by Crippen LogP contribution is -2.65. The number of carbonyl (C=O) groups is 2. The molecule has 2 saturated heterocycles. The number of rotatable bonds is 9. The second-order valence-electron chi connectivity index (χ2n) is 8.17. The first-order valence-corrected chi connectivity index (χ1v) is 11.1. The van der Waals surface area contributed by atoms with E-state index in [9.17, 15) is 14.7 Å². The SMILES string of the molecule is COc1ccc(OCC(O)CN2C(=NCCc3ccccc3)NC3C2C(=O)NC(=O)N3C)cc1. The minimum absolute atomic E-state index is 0.0217. The average Bonchev–Trinajstić information content (AvgIpc) is 3.21. The van der Waals surface area contributed by atoms with Crippen LogP contribution in [0, 0.1) is 0 Å². The van der Waals surface area contributed by atoms with Gasteiger partial charge in [0.15, 0.2) is 12.0 Å². The van der Waals surface area contributed by atoms with Crippen molar-refractivity contribution >= 4 is 17.9 Å². The number of amides is 3. The van der Waals surface area contributed by atoms with E-state index in [4.69, 9.17) is 9.47 Å². The van der Waals surface area contributed by atoms with Crippen LogP contribution in [0.2, 0.25) is 0 Å². The maximum atomic E-state index is 12.7. The summed E-state index contributed by atoms with van der Waals surface area (Å²) in [6.07, 6.45) is -0.761. The molecule has 10 nitrogen and oxygen atoms in total. The van der Waals surface area contributed by atoms with Crippen molar-refractivity contribution in [2.45, 2.75) is 24.7 Å². The quantitative estimate of drug-likeness (QED) is 0.500. The summed E-state index contributed by atoms with van der Waals surface area (Å²) < 4.78 is 10.8. The van der Waals surface area contributed by atoms with Gasteiger partial charge in [0.05, 0.1) is 13.7 Å². The fourth-order valence-corrected chi connectivity index (χ4v) is 4.00. The lowest BCUT2D eigenvalue weighted by Gasteiger charge is -2.35. The van der Waals surface area contributed by atoms with Gasteiger partial charge < -0.3 is 29.7 Å². The van der Waals surface area contributed by atoms with E-state index in [0.717, 1.165) is 12.0 Å². The number of guanidine groups is 1. The number of carbonyl (C=O) groups excluding carboxylic acids is 2. The summed E-state index contributed by atoms with van der Waals surface area (Å²) in [5.41, 5.74) is 1.15. The summed E-state index contributed by atoms with van der Waals surface area (Å²) in [5.74, 6) is 1.33. The topological polar surface area (TPSA) is 116 Å². The van der Waals surface area contributed by atoms with Gasteiger partial charge in [-0.15, -0.1) is 0 Å². The van der Waals surface area contributed by atoms with Gasteiger partial charge >= 0.3 is 6.03 Å². The molecule has 3 N–H and O–H groups in total. The van der Waals surface area contributed by atoms with Gasteiger partial charge in [-0.25, -0.2) is 4.79 Å². The maximum Gasteiger partial charge on any atom is 0.325 e. The number of nitrogens with one attached hydrogen (secondary N) is 2. The fourth-order valence-electron chi connectivity index (χ4n) is 4.00. The highest BCUT2D eigenvalue weighted by Crippen LogP contribution is 2.22. The van der Waals surface area contributed by atoms with Crippen LogP contribution in [-0.2, 0) is 11.2 Å². The van der Waals surface area contributed by atoms with Crippen molar-refractivity contribution in [3.05, 3.63) is 60.2 Å². The molecular formula is C24H29N5O5. The number of β-amino-alcohol motifs (C(OH)–C–C–N with tert-alkyl or cyclic N) is 1. The molecule has 180 valence electrons. The van der Waals surface area contributed by atoms with Gasteiger partial charge in [0.2, 0.25) is 0 Å². The van der Waals surface area contributed by atoms with Gasteiger partial charge in [-0.05, 0) is 36.2 Å². The molecule has 10 heteroatoms. The molecule has 34 heavy (non-hydrogen) atoms. The van der Waals surface area contributed by atoms with Gasteiger partial charge in [-0.1, -0.05) is 30.3 Å². The number of hydrogen-bond donors (Lipinski definition) is 3. The third kappa shape index (κ3) is 5.23. The Balaban J connectivity index is 1.45. The summed E-state index contributed by atoms with van der Waals surface area (Å²) in [4.78, 5) is 32.6. The van der Waals surface area contributed by atoms with Gasteiger partial charge in [-0.2, -0.15) is 0 Å². The largest absolute Gasteiger partial charge is 0.497 e. The predicted molar refractivity (Wildman–Crippen MR) is 126 cm³/mol. The molecule has 3 unspecified atom stereocenters. The summed E-state index contributed by atoms with van der Waals surface area (Å²) in [7, 11) is 3.20. The summed E-state index contributed by atoms with van der Waals surface area (Å²) in [6, 6.07) is 15.8. The monoisotopic (exact) mass is 467 g/mol. The average molecular weight is 468 g/mol. The second-order valence-corrected chi connectivity index (χ2v) is 8.17. The molecule has 3 amide bonds. The maximum absolute atomic E-state index is 12.7. The van der Waals surface area contributed by atoms with Crippen molar-refractivity contribution in [2.75, 3.05) is 33.9 Å². The van der Waals surface area contributed by atoms with Crippen molar-refractivity contribution in [2.24, 2.45) is 4.99 Å². The Morgan fingerprint density at radius 2 is 1.79 bits per heavy atom. The number of aliphatic imine (C=N–C) groups is 1. The number of methoxy groups -OCH3 is 1. The highest BCUT2D eigenvalue weighted by atomic mass is 16.5. The summed E-state index contributed by atoms with van der Waals surface area (Å²) in [5, 5.41) is 16.2. The van der Waals surface area contributed by atoms with Crippen LogP contribution in [0.1, 0.15) is 5.56 Å². The summed E-state index contributed by atoms with van der Waals surface area (Å²) >= 11 is 0. The van der Waals surface area contributed by atoms with E-state index in [1.54, 1.807) is 43.3 Å². The van der Waals surface area contributed by atoms with E-state index in [1.807, 2.05) is 30.3 Å². The zero-order valence-electron chi connectivity index (χ0n) is 19.2. The minimum Gasteiger partial charge on any atom is -0.497 e. The zero-order chi connectivity index (χ0) is 24.1. The molecule has 4 rings (SSSR count). The molecule has 0 aromatic heterocycles. The number of nitrogens with zero attached hydrogens (tertiary/aromatic N) is 3. The standard InChI is InChI=1S/C24H29N5O5/c1-28-21-20(22(31)27-24(28)32)29(23(26-21)25-13-12-16-6-4-3-5-7-16)14-17(30)15-34-19-10-8-18(33-2)9-11-19/h3-11,17,20-21,30H,12-15H2,1-2H3,(H,25,26)(H,27,31,32). The van der Waals surface area contributed by atoms with Gasteiger partial charge in [-0.3, -0.25) is 15.1 Å². The van der Waals surface area contributed by atoms with Crippen molar-refractivity contribution in [1.29, 1.82) is 0 Å². The normalized spacial score (nSPS) is 21.7. The number of urea groups is 1. The summed E-state index contributed by atoms with van der Waals surface area (Å²) in [6.45, 7) is 0.609. The molecular weight excluding hydrogens is 438 g/mol. The van der Waals surface area contributed by atoms with Gasteiger partial charge in [0.25, 0.3) is 5.91 Å².